The molecule has 2 rings (SSSR count). The molecule has 0 bridgehead atoms. The molecule has 2 aromatic rings. The van der Waals surface area contributed by atoms with Gasteiger partial charge < -0.3 is 35.8 Å². The molecule has 41 heavy (non-hydrogen) atoms. The van der Waals surface area contributed by atoms with Crippen LogP contribution in [-0.2, 0) is 27.4 Å². The van der Waals surface area contributed by atoms with Crippen LogP contribution in [-0.4, -0.2) is 64.2 Å². The number of rotatable bonds is 14. The Morgan fingerprint density at radius 2 is 1.51 bits per heavy atom. The molecule has 6 N–H and O–H groups in total. The van der Waals surface area contributed by atoms with Crippen LogP contribution in [0.4, 0.5) is 4.79 Å². The summed E-state index contributed by atoms with van der Waals surface area (Å²) < 4.78 is 5.25. The zero-order chi connectivity index (χ0) is 30.7. The van der Waals surface area contributed by atoms with Gasteiger partial charge in [0.2, 0.25) is 11.8 Å². The molecule has 0 saturated heterocycles. The molecule has 3 atom stereocenters. The van der Waals surface area contributed by atoms with E-state index in [1.165, 1.54) is 24.3 Å². The largest absolute Gasteiger partial charge is 0.478 e. The maximum atomic E-state index is 13.4. The van der Waals surface area contributed by atoms with Crippen LogP contribution in [0.25, 0.3) is 0 Å². The summed E-state index contributed by atoms with van der Waals surface area (Å²) in [5.41, 5.74) is 1.28. The maximum Gasteiger partial charge on any atom is 0.475 e. The summed E-state index contributed by atoms with van der Waals surface area (Å²) in [5, 5.41) is 36.6. The number of hydrogen-bond donors (Lipinski definition) is 6. The van der Waals surface area contributed by atoms with Crippen molar-refractivity contribution in [2.45, 2.75) is 65.2 Å². The van der Waals surface area contributed by atoms with Gasteiger partial charge in [-0.3, -0.25) is 9.59 Å². The lowest BCUT2D eigenvalue weighted by molar-refractivity contribution is -0.130. The first kappa shape index (κ1) is 33.6. The van der Waals surface area contributed by atoms with E-state index in [2.05, 4.69) is 16.0 Å². The summed E-state index contributed by atoms with van der Waals surface area (Å²) in [5.74, 6) is -3.57. The normalized spacial score (nSPS) is 13.2. The van der Waals surface area contributed by atoms with Gasteiger partial charge in [-0.2, -0.15) is 0 Å². The first-order valence-electron chi connectivity index (χ1n) is 13.2. The van der Waals surface area contributed by atoms with E-state index >= 15 is 0 Å². The number of hydrogen-bond acceptors (Lipinski definition) is 7. The van der Waals surface area contributed by atoms with Crippen molar-refractivity contribution in [2.24, 2.45) is 11.8 Å². The number of alkyl carbamates (subject to hydrolysis) is 1. The van der Waals surface area contributed by atoms with Gasteiger partial charge in [0.25, 0.3) is 0 Å². The van der Waals surface area contributed by atoms with Crippen LogP contribution in [0, 0.1) is 11.8 Å². The molecule has 222 valence electrons. The molecule has 3 amide bonds. The van der Waals surface area contributed by atoms with E-state index in [-0.39, 0.29) is 36.8 Å². The lowest BCUT2D eigenvalue weighted by Gasteiger charge is -2.27. The minimum Gasteiger partial charge on any atom is -0.478 e. The molecule has 0 radical (unpaired) electrons. The Kier molecular flexibility index (Phi) is 13.1. The number of nitrogens with one attached hydrogen (secondary N) is 3. The monoisotopic (exact) mass is 589 g/mol. The molecule has 0 aliphatic carbocycles. The van der Waals surface area contributed by atoms with Crippen molar-refractivity contribution in [2.75, 3.05) is 0 Å². The zero-order valence-electron chi connectivity index (χ0n) is 23.5. The number of benzene rings is 2. The second-order valence-electron chi connectivity index (χ2n) is 10.5. The molecule has 0 spiro atoms. The minimum absolute atomic E-state index is 0.000537. The number of halogens is 1. The predicted octanol–water partition coefficient (Wildman–Crippen LogP) is 2.56. The van der Waals surface area contributed by atoms with E-state index in [1.54, 1.807) is 38.1 Å². The molecule has 2 aromatic carbocycles. The molecule has 0 fully saturated rings. The number of carboxylic acid groups (broad SMARTS) is 1. The van der Waals surface area contributed by atoms with Crippen LogP contribution in [0.15, 0.2) is 48.5 Å². The highest BCUT2D eigenvalue weighted by Crippen LogP contribution is 2.14. The zero-order valence-corrected chi connectivity index (χ0v) is 24.2. The third kappa shape index (κ3) is 11.4. The smallest absolute Gasteiger partial charge is 0.475 e. The average Bonchev–Trinajstić information content (AvgIpc) is 2.89. The highest BCUT2D eigenvalue weighted by atomic mass is 35.5. The number of amides is 3. The van der Waals surface area contributed by atoms with Gasteiger partial charge in [0.15, 0.2) is 0 Å². The van der Waals surface area contributed by atoms with E-state index in [1.807, 2.05) is 13.8 Å². The third-order valence-corrected chi connectivity index (χ3v) is 6.43. The first-order valence-corrected chi connectivity index (χ1v) is 13.6. The first-order chi connectivity index (χ1) is 19.3. The third-order valence-electron chi connectivity index (χ3n) is 6.20. The van der Waals surface area contributed by atoms with Crippen molar-refractivity contribution in [3.05, 3.63) is 70.2 Å². The molecule has 0 aliphatic rings. The van der Waals surface area contributed by atoms with Crippen LogP contribution in [0.5, 0.6) is 0 Å². The van der Waals surface area contributed by atoms with Crippen LogP contribution >= 0.6 is 11.6 Å². The van der Waals surface area contributed by atoms with Crippen molar-refractivity contribution in [1.29, 1.82) is 0 Å². The maximum absolute atomic E-state index is 13.4. The van der Waals surface area contributed by atoms with Crippen molar-refractivity contribution in [3.8, 4) is 0 Å². The topological polar surface area (TPSA) is 174 Å². The van der Waals surface area contributed by atoms with Gasteiger partial charge in [-0.05, 0) is 53.6 Å². The Balaban J connectivity index is 2.19. The van der Waals surface area contributed by atoms with Gasteiger partial charge in [0, 0.05) is 11.4 Å². The minimum atomic E-state index is -1.79. The molecule has 13 heteroatoms. The fourth-order valence-corrected chi connectivity index (χ4v) is 4.22. The lowest BCUT2D eigenvalue weighted by Crippen LogP contribution is -2.58. The number of ether oxygens (including phenoxy) is 1. The van der Waals surface area contributed by atoms with E-state index in [0.29, 0.717) is 16.1 Å². The Labute approximate surface area is 244 Å². The van der Waals surface area contributed by atoms with Gasteiger partial charge in [-0.25, -0.2) is 9.59 Å². The predicted molar refractivity (Wildman–Crippen MR) is 154 cm³/mol. The fourth-order valence-electron chi connectivity index (χ4n) is 4.01. The standard InChI is InChI=1S/C28H37BClN3O8/c1-16(2)12-22(26(35)33-24(17(3)4)29(39)40)31-25(34)23(14-19-6-5-7-21(30)13-19)32-28(38)41-15-18-8-10-20(11-9-18)27(36)37/h5-11,13,16-17,22-24,39-40H,12,14-15H2,1-4H3,(H,31,34)(H,32,38)(H,33,35)(H,36,37)/t22-,23-,24-/m0/s1. The molecule has 11 nitrogen and oxygen atoms in total. The Morgan fingerprint density at radius 1 is 0.878 bits per heavy atom. The molecule has 0 aromatic heterocycles. The summed E-state index contributed by atoms with van der Waals surface area (Å²) in [6, 6.07) is 10.4. The SMILES string of the molecule is CC(C)C[C@H](NC(=O)[C@H](Cc1cccc(Cl)c1)NC(=O)OCc1ccc(C(=O)O)cc1)C(=O)N[C@H](B(O)O)C(C)C. The highest BCUT2D eigenvalue weighted by molar-refractivity contribution is 6.43. The quantitative estimate of drug-likeness (QED) is 0.182. The van der Waals surface area contributed by atoms with Crippen molar-refractivity contribution in [3.63, 3.8) is 0 Å². The van der Waals surface area contributed by atoms with Gasteiger partial charge in [-0.1, -0.05) is 63.6 Å². The summed E-state index contributed by atoms with van der Waals surface area (Å²) in [7, 11) is -1.79. The Bertz CT molecular complexity index is 1190. The van der Waals surface area contributed by atoms with Crippen LogP contribution in [0.2, 0.25) is 5.02 Å². The van der Waals surface area contributed by atoms with Gasteiger partial charge in [0.1, 0.15) is 18.7 Å². The average molecular weight is 590 g/mol. The Hall–Kier alpha value is -3.61. The number of carbonyl (C=O) groups excluding carboxylic acids is 3. The molecular weight excluding hydrogens is 553 g/mol. The number of carboxylic acids is 1. The van der Waals surface area contributed by atoms with Gasteiger partial charge >= 0.3 is 19.2 Å². The van der Waals surface area contributed by atoms with Gasteiger partial charge in [0.05, 0.1) is 11.5 Å². The summed E-state index contributed by atoms with van der Waals surface area (Å²) in [4.78, 5) is 50.3. The van der Waals surface area contributed by atoms with E-state index in [9.17, 15) is 29.2 Å². The van der Waals surface area contributed by atoms with Crippen LogP contribution in [0.3, 0.4) is 0 Å². The summed E-state index contributed by atoms with van der Waals surface area (Å²) in [6.45, 7) is 7.01. The van der Waals surface area contributed by atoms with Gasteiger partial charge in [-0.15, -0.1) is 0 Å². The van der Waals surface area contributed by atoms with E-state index < -0.39 is 49.0 Å². The van der Waals surface area contributed by atoms with Crippen LogP contribution in [0.1, 0.15) is 55.6 Å². The molecule has 0 saturated carbocycles. The molecule has 0 heterocycles. The number of aromatic carboxylic acids is 1. The lowest BCUT2D eigenvalue weighted by atomic mass is 9.73. The number of carbonyl (C=O) groups is 4. The fraction of sp³-hybridized carbons (Fsp3) is 0.429. The van der Waals surface area contributed by atoms with E-state index in [0.717, 1.165) is 0 Å². The van der Waals surface area contributed by atoms with E-state index in [4.69, 9.17) is 21.4 Å². The molecule has 0 aliphatic heterocycles. The Morgan fingerprint density at radius 3 is 2.05 bits per heavy atom. The summed E-state index contributed by atoms with van der Waals surface area (Å²) in [6.07, 6.45) is -0.609. The summed E-state index contributed by atoms with van der Waals surface area (Å²) >= 11 is 6.10. The molecule has 0 unspecified atom stereocenters. The van der Waals surface area contributed by atoms with Crippen molar-refractivity contribution in [1.82, 2.24) is 16.0 Å². The van der Waals surface area contributed by atoms with Crippen LogP contribution < -0.4 is 16.0 Å². The highest BCUT2D eigenvalue weighted by Gasteiger charge is 2.33. The second kappa shape index (κ2) is 16.0. The van der Waals surface area contributed by atoms with Crippen molar-refractivity contribution >= 4 is 42.6 Å². The molecular formula is C28H37BClN3O8. The van der Waals surface area contributed by atoms with Crippen molar-refractivity contribution < 1.29 is 39.1 Å². The second-order valence-corrected chi connectivity index (χ2v) is 10.9.